The van der Waals surface area contributed by atoms with Crippen molar-refractivity contribution in [1.29, 1.82) is 5.26 Å². The summed E-state index contributed by atoms with van der Waals surface area (Å²) in [5.74, 6) is 0.416. The molecule has 2 fully saturated rings. The summed E-state index contributed by atoms with van der Waals surface area (Å²) in [5, 5.41) is 12.4. The molecule has 2 aliphatic heterocycles. The third kappa shape index (κ3) is 2.90. The SMILES string of the molecule is N#Cc1cccc(CC(=O)C2CC3COCC(C2)N3)c1. The Morgan fingerprint density at radius 2 is 2.10 bits per heavy atom. The van der Waals surface area contributed by atoms with E-state index in [0.29, 0.717) is 43.1 Å². The Morgan fingerprint density at radius 1 is 1.35 bits per heavy atom. The van der Waals surface area contributed by atoms with Crippen molar-refractivity contribution in [3.05, 3.63) is 35.4 Å². The van der Waals surface area contributed by atoms with Crippen LogP contribution in [0.15, 0.2) is 24.3 Å². The summed E-state index contributed by atoms with van der Waals surface area (Å²) in [5.41, 5.74) is 1.56. The maximum atomic E-state index is 12.4. The number of nitrogens with zero attached hydrogens (tertiary/aromatic N) is 1. The quantitative estimate of drug-likeness (QED) is 0.902. The molecule has 2 bridgehead atoms. The fourth-order valence-corrected chi connectivity index (χ4v) is 3.20. The Balaban J connectivity index is 1.65. The first-order valence-electron chi connectivity index (χ1n) is 7.10. The number of piperidine rings is 1. The predicted octanol–water partition coefficient (Wildman–Crippen LogP) is 1.44. The van der Waals surface area contributed by atoms with E-state index in [9.17, 15) is 4.79 Å². The lowest BCUT2D eigenvalue weighted by Crippen LogP contribution is -2.55. The minimum atomic E-state index is 0.126. The first-order chi connectivity index (χ1) is 9.74. The lowest BCUT2D eigenvalue weighted by atomic mass is 9.82. The number of ketones is 1. The van der Waals surface area contributed by atoms with Gasteiger partial charge in [-0.25, -0.2) is 0 Å². The average molecular weight is 270 g/mol. The van der Waals surface area contributed by atoms with E-state index in [2.05, 4.69) is 11.4 Å². The average Bonchev–Trinajstić information content (AvgIpc) is 2.47. The van der Waals surface area contributed by atoms with E-state index in [0.717, 1.165) is 18.4 Å². The maximum absolute atomic E-state index is 12.4. The number of nitriles is 1. The van der Waals surface area contributed by atoms with Gasteiger partial charge in [-0.05, 0) is 30.5 Å². The Kier molecular flexibility index (Phi) is 3.81. The molecule has 1 N–H and O–H groups in total. The van der Waals surface area contributed by atoms with Gasteiger partial charge in [0.05, 0.1) is 24.8 Å². The van der Waals surface area contributed by atoms with Gasteiger partial charge >= 0.3 is 0 Å². The highest BCUT2D eigenvalue weighted by molar-refractivity contribution is 5.83. The van der Waals surface area contributed by atoms with Crippen LogP contribution in [0.5, 0.6) is 0 Å². The van der Waals surface area contributed by atoms with E-state index in [1.54, 1.807) is 6.07 Å². The number of rotatable bonds is 3. The van der Waals surface area contributed by atoms with E-state index in [1.165, 1.54) is 0 Å². The van der Waals surface area contributed by atoms with Gasteiger partial charge < -0.3 is 10.1 Å². The summed E-state index contributed by atoms with van der Waals surface area (Å²) in [6.45, 7) is 1.42. The molecule has 0 amide bonds. The minimum Gasteiger partial charge on any atom is -0.378 e. The minimum absolute atomic E-state index is 0.126. The van der Waals surface area contributed by atoms with E-state index in [1.807, 2.05) is 18.2 Å². The van der Waals surface area contributed by atoms with Gasteiger partial charge in [0.2, 0.25) is 0 Å². The molecule has 2 saturated heterocycles. The standard InChI is InChI=1S/C16H18N2O2/c17-8-12-3-1-2-11(4-12)5-16(19)13-6-14-9-20-10-15(7-13)18-14/h1-4,13-15,18H,5-7,9-10H2. The van der Waals surface area contributed by atoms with Crippen LogP contribution in [0.3, 0.4) is 0 Å². The summed E-state index contributed by atoms with van der Waals surface area (Å²) >= 11 is 0. The highest BCUT2D eigenvalue weighted by Gasteiger charge is 2.34. The molecular weight excluding hydrogens is 252 g/mol. The molecule has 0 saturated carbocycles. The molecule has 0 spiro atoms. The van der Waals surface area contributed by atoms with Crippen molar-refractivity contribution in [2.45, 2.75) is 31.3 Å². The molecule has 1 aromatic rings. The van der Waals surface area contributed by atoms with Crippen molar-refractivity contribution in [2.24, 2.45) is 5.92 Å². The van der Waals surface area contributed by atoms with E-state index >= 15 is 0 Å². The number of carbonyl (C=O) groups is 1. The number of benzene rings is 1. The molecular formula is C16H18N2O2. The monoisotopic (exact) mass is 270 g/mol. The zero-order valence-corrected chi connectivity index (χ0v) is 11.3. The Morgan fingerprint density at radius 3 is 2.80 bits per heavy atom. The predicted molar refractivity (Wildman–Crippen MR) is 74.1 cm³/mol. The lowest BCUT2D eigenvalue weighted by Gasteiger charge is -2.39. The second-order valence-electron chi connectivity index (χ2n) is 5.72. The fourth-order valence-electron chi connectivity index (χ4n) is 3.20. The molecule has 2 unspecified atom stereocenters. The van der Waals surface area contributed by atoms with Crippen molar-refractivity contribution in [1.82, 2.24) is 5.32 Å². The number of nitrogens with one attached hydrogen (secondary N) is 1. The number of carbonyl (C=O) groups excluding carboxylic acids is 1. The van der Waals surface area contributed by atoms with Crippen molar-refractivity contribution in [3.63, 3.8) is 0 Å². The molecule has 0 aliphatic carbocycles. The van der Waals surface area contributed by atoms with Crippen molar-refractivity contribution >= 4 is 5.78 Å². The van der Waals surface area contributed by atoms with Gasteiger partial charge in [-0.1, -0.05) is 12.1 Å². The summed E-state index contributed by atoms with van der Waals surface area (Å²) in [4.78, 5) is 12.4. The molecule has 0 radical (unpaired) electrons. The van der Waals surface area contributed by atoms with Crippen molar-refractivity contribution in [3.8, 4) is 6.07 Å². The highest BCUT2D eigenvalue weighted by Crippen LogP contribution is 2.25. The number of fused-ring (bicyclic) bond motifs is 2. The van der Waals surface area contributed by atoms with Crippen LogP contribution in [-0.2, 0) is 16.0 Å². The second-order valence-corrected chi connectivity index (χ2v) is 5.72. The third-order valence-corrected chi connectivity index (χ3v) is 4.14. The molecule has 4 heteroatoms. The molecule has 0 aromatic heterocycles. The van der Waals surface area contributed by atoms with Crippen LogP contribution in [0, 0.1) is 17.2 Å². The van der Waals surface area contributed by atoms with Crippen molar-refractivity contribution in [2.75, 3.05) is 13.2 Å². The van der Waals surface area contributed by atoms with E-state index in [4.69, 9.17) is 10.00 Å². The summed E-state index contributed by atoms with van der Waals surface area (Å²) in [6, 6.07) is 10.1. The Bertz CT molecular complexity index is 538. The van der Waals surface area contributed by atoms with Crippen LogP contribution in [0.4, 0.5) is 0 Å². The Hall–Kier alpha value is -1.70. The molecule has 20 heavy (non-hydrogen) atoms. The topological polar surface area (TPSA) is 62.1 Å². The van der Waals surface area contributed by atoms with E-state index in [-0.39, 0.29) is 5.92 Å². The summed E-state index contributed by atoms with van der Waals surface area (Å²) < 4.78 is 5.50. The zero-order valence-electron chi connectivity index (χ0n) is 11.3. The largest absolute Gasteiger partial charge is 0.378 e. The number of Topliss-reactive ketones (excluding diaryl/α,β-unsaturated/α-hetero) is 1. The van der Waals surface area contributed by atoms with E-state index < -0.39 is 0 Å². The molecule has 2 aliphatic rings. The van der Waals surface area contributed by atoms with Crippen molar-refractivity contribution < 1.29 is 9.53 Å². The molecule has 3 rings (SSSR count). The van der Waals surface area contributed by atoms with Gasteiger partial charge in [-0.2, -0.15) is 5.26 Å². The van der Waals surface area contributed by atoms with Crippen LogP contribution < -0.4 is 5.32 Å². The van der Waals surface area contributed by atoms with Gasteiger partial charge in [0.25, 0.3) is 0 Å². The number of hydrogen-bond donors (Lipinski definition) is 1. The molecule has 2 atom stereocenters. The van der Waals surface area contributed by atoms with Crippen LogP contribution >= 0.6 is 0 Å². The molecule has 4 nitrogen and oxygen atoms in total. The van der Waals surface area contributed by atoms with Crippen LogP contribution in [0.25, 0.3) is 0 Å². The zero-order chi connectivity index (χ0) is 13.9. The fraction of sp³-hybridized carbons (Fsp3) is 0.500. The van der Waals surface area contributed by atoms with Gasteiger partial charge in [0.15, 0.2) is 0 Å². The first-order valence-corrected chi connectivity index (χ1v) is 7.10. The second kappa shape index (κ2) is 5.74. The van der Waals surface area contributed by atoms with Crippen LogP contribution in [0.2, 0.25) is 0 Å². The van der Waals surface area contributed by atoms with Crippen LogP contribution in [0.1, 0.15) is 24.0 Å². The maximum Gasteiger partial charge on any atom is 0.140 e. The number of hydrogen-bond acceptors (Lipinski definition) is 4. The lowest BCUT2D eigenvalue weighted by molar-refractivity contribution is -0.125. The molecule has 104 valence electrons. The smallest absolute Gasteiger partial charge is 0.140 e. The third-order valence-electron chi connectivity index (χ3n) is 4.14. The van der Waals surface area contributed by atoms with Gasteiger partial charge in [0, 0.05) is 24.4 Å². The highest BCUT2D eigenvalue weighted by atomic mass is 16.5. The summed E-state index contributed by atoms with van der Waals surface area (Å²) in [6.07, 6.45) is 2.17. The van der Waals surface area contributed by atoms with Gasteiger partial charge in [-0.15, -0.1) is 0 Å². The van der Waals surface area contributed by atoms with Crippen LogP contribution in [-0.4, -0.2) is 31.1 Å². The Labute approximate surface area is 118 Å². The first kappa shape index (κ1) is 13.3. The number of ether oxygens (including phenoxy) is 1. The summed E-state index contributed by atoms with van der Waals surface area (Å²) in [7, 11) is 0. The normalized spacial score (nSPS) is 28.6. The molecule has 2 heterocycles. The van der Waals surface area contributed by atoms with Gasteiger partial charge in [0.1, 0.15) is 5.78 Å². The van der Waals surface area contributed by atoms with Gasteiger partial charge in [-0.3, -0.25) is 4.79 Å². The number of morpholine rings is 1. The molecule has 1 aromatic carbocycles.